The Morgan fingerprint density at radius 3 is 2.33 bits per heavy atom. The van der Waals surface area contributed by atoms with Gasteiger partial charge in [-0.25, -0.2) is 9.59 Å². The zero-order valence-electron chi connectivity index (χ0n) is 15.9. The number of methoxy groups -OCH3 is 1. The molecule has 1 aromatic rings. The second-order valence-electron chi connectivity index (χ2n) is 6.66. The van der Waals surface area contributed by atoms with Crippen LogP contribution < -0.4 is 0 Å². The summed E-state index contributed by atoms with van der Waals surface area (Å²) in [5.41, 5.74) is 1.58. The van der Waals surface area contributed by atoms with Crippen LogP contribution in [0.2, 0.25) is 0 Å². The minimum atomic E-state index is -1.12. The van der Waals surface area contributed by atoms with E-state index in [0.29, 0.717) is 37.8 Å². The normalized spacial score (nSPS) is 14.5. The molecule has 0 saturated carbocycles. The summed E-state index contributed by atoms with van der Waals surface area (Å²) in [6.45, 7) is 4.13. The second kappa shape index (κ2) is 9.32. The van der Waals surface area contributed by atoms with Gasteiger partial charge in [-0.15, -0.1) is 0 Å². The summed E-state index contributed by atoms with van der Waals surface area (Å²) >= 11 is 0. The van der Waals surface area contributed by atoms with Crippen molar-refractivity contribution in [3.63, 3.8) is 0 Å². The summed E-state index contributed by atoms with van der Waals surface area (Å²) in [4.78, 5) is 37.4. The molecule has 1 aliphatic rings. The number of hydrogen-bond donors (Lipinski definition) is 0. The fourth-order valence-electron chi connectivity index (χ4n) is 2.63. The standard InChI is InChI=1S/C20H25NO6/c1-20(2,25-3)27-18(23)17(13-22)16-9-11-21(12-10-16)19(24)26-14-15-7-5-4-6-8-15/h4-8,13H,9-12,14H2,1-3H3. The lowest BCUT2D eigenvalue weighted by atomic mass is 9.98. The van der Waals surface area contributed by atoms with Crippen molar-refractivity contribution in [2.45, 2.75) is 39.1 Å². The van der Waals surface area contributed by atoms with Crippen LogP contribution in [-0.4, -0.2) is 49.2 Å². The largest absolute Gasteiger partial charge is 0.445 e. The molecule has 0 N–H and O–H groups in total. The molecule has 0 bridgehead atoms. The van der Waals surface area contributed by atoms with E-state index in [1.165, 1.54) is 7.11 Å². The van der Waals surface area contributed by atoms with Crippen molar-refractivity contribution in [3.8, 4) is 0 Å². The molecule has 0 spiro atoms. The highest BCUT2D eigenvalue weighted by molar-refractivity contribution is 6.08. The number of likely N-dealkylation sites (tertiary alicyclic amines) is 1. The highest BCUT2D eigenvalue weighted by Gasteiger charge is 2.28. The quantitative estimate of drug-likeness (QED) is 0.190. The maximum atomic E-state index is 12.2. The van der Waals surface area contributed by atoms with Gasteiger partial charge in [0.1, 0.15) is 6.61 Å². The molecular weight excluding hydrogens is 350 g/mol. The van der Waals surface area contributed by atoms with Crippen LogP contribution in [0.3, 0.4) is 0 Å². The van der Waals surface area contributed by atoms with Crippen LogP contribution in [0.15, 0.2) is 41.5 Å². The zero-order chi connectivity index (χ0) is 19.9. The summed E-state index contributed by atoms with van der Waals surface area (Å²) in [5.74, 6) is -1.83. The molecular formula is C20H25NO6. The van der Waals surface area contributed by atoms with Gasteiger partial charge in [0.15, 0.2) is 6.29 Å². The number of hydrogen-bond acceptors (Lipinski definition) is 6. The molecule has 0 unspecified atom stereocenters. The summed E-state index contributed by atoms with van der Waals surface area (Å²) in [6, 6.07) is 9.42. The Morgan fingerprint density at radius 2 is 1.78 bits per heavy atom. The number of ether oxygens (including phenoxy) is 3. The molecule has 0 aromatic heterocycles. The van der Waals surface area contributed by atoms with Gasteiger partial charge in [0, 0.05) is 34.0 Å². The maximum absolute atomic E-state index is 12.2. The summed E-state index contributed by atoms with van der Waals surface area (Å²) < 4.78 is 15.6. The first kappa shape index (κ1) is 20.6. The van der Waals surface area contributed by atoms with E-state index in [2.05, 4.69) is 0 Å². The third kappa shape index (κ3) is 5.92. The van der Waals surface area contributed by atoms with Gasteiger partial charge in [-0.05, 0) is 24.0 Å². The third-order valence-corrected chi connectivity index (χ3v) is 4.38. The number of esters is 1. The van der Waals surface area contributed by atoms with Gasteiger partial charge >= 0.3 is 12.1 Å². The van der Waals surface area contributed by atoms with E-state index in [-0.39, 0.29) is 12.2 Å². The van der Waals surface area contributed by atoms with Gasteiger partial charge in [0.05, 0.1) is 5.57 Å². The number of carbonyl (C=O) groups excluding carboxylic acids is 3. The van der Waals surface area contributed by atoms with Crippen LogP contribution in [0.1, 0.15) is 32.3 Å². The predicted octanol–water partition coefficient (Wildman–Crippen LogP) is 2.84. The molecule has 1 amide bonds. The Labute approximate surface area is 158 Å². The van der Waals surface area contributed by atoms with Crippen LogP contribution in [-0.2, 0) is 30.4 Å². The van der Waals surface area contributed by atoms with E-state index in [1.54, 1.807) is 18.7 Å². The van der Waals surface area contributed by atoms with Gasteiger partial charge in [0.2, 0.25) is 5.79 Å². The summed E-state index contributed by atoms with van der Waals surface area (Å²) in [5, 5.41) is 0. The van der Waals surface area contributed by atoms with Crippen LogP contribution >= 0.6 is 0 Å². The van der Waals surface area contributed by atoms with Crippen LogP contribution in [0, 0.1) is 0 Å². The number of piperidine rings is 1. The number of amides is 1. The van der Waals surface area contributed by atoms with Crippen molar-refractivity contribution in [3.05, 3.63) is 47.0 Å². The first-order chi connectivity index (χ1) is 12.9. The summed E-state index contributed by atoms with van der Waals surface area (Å²) in [6.07, 6.45) is 0.926. The van der Waals surface area contributed by atoms with Crippen LogP contribution in [0.5, 0.6) is 0 Å². The van der Waals surface area contributed by atoms with Gasteiger partial charge in [-0.3, -0.25) is 4.79 Å². The monoisotopic (exact) mass is 375 g/mol. The molecule has 1 fully saturated rings. The van der Waals surface area contributed by atoms with Gasteiger partial charge < -0.3 is 19.1 Å². The first-order valence-corrected chi connectivity index (χ1v) is 8.77. The fraction of sp³-hybridized carbons (Fsp3) is 0.450. The number of carbonyl (C=O) groups is 3. The molecule has 2 rings (SSSR count). The number of nitrogens with zero attached hydrogens (tertiary/aromatic N) is 1. The minimum absolute atomic E-state index is 0.00238. The Bertz CT molecular complexity index is 700. The third-order valence-electron chi connectivity index (χ3n) is 4.38. The number of benzene rings is 1. The molecule has 1 aromatic carbocycles. The topological polar surface area (TPSA) is 82.1 Å². The average molecular weight is 375 g/mol. The molecule has 146 valence electrons. The smallest absolute Gasteiger partial charge is 0.410 e. The number of rotatable bonds is 6. The average Bonchev–Trinajstić information content (AvgIpc) is 2.67. The Balaban J connectivity index is 1.92. The van der Waals surface area contributed by atoms with E-state index < -0.39 is 17.8 Å². The Kier molecular flexibility index (Phi) is 7.12. The minimum Gasteiger partial charge on any atom is -0.445 e. The molecule has 7 heteroatoms. The second-order valence-corrected chi connectivity index (χ2v) is 6.66. The SMILES string of the molecule is COC(C)(C)OC(=O)C(C=O)=C1CCN(C(=O)OCc2ccccc2)CC1. The van der Waals surface area contributed by atoms with E-state index in [1.807, 2.05) is 30.3 Å². The fourth-order valence-corrected chi connectivity index (χ4v) is 2.63. The summed E-state index contributed by atoms with van der Waals surface area (Å²) in [7, 11) is 1.42. The van der Waals surface area contributed by atoms with E-state index in [4.69, 9.17) is 14.2 Å². The molecule has 0 aliphatic carbocycles. The lowest BCUT2D eigenvalue weighted by molar-refractivity contribution is -0.201. The lowest BCUT2D eigenvalue weighted by Crippen LogP contribution is -2.37. The Morgan fingerprint density at radius 1 is 1.15 bits per heavy atom. The maximum Gasteiger partial charge on any atom is 0.410 e. The predicted molar refractivity (Wildman–Crippen MR) is 97.7 cm³/mol. The van der Waals surface area contributed by atoms with Crippen molar-refractivity contribution in [1.82, 2.24) is 4.90 Å². The Hall–Kier alpha value is -2.67. The molecule has 1 saturated heterocycles. The molecule has 27 heavy (non-hydrogen) atoms. The van der Waals surface area contributed by atoms with Crippen molar-refractivity contribution in [2.24, 2.45) is 0 Å². The molecule has 7 nitrogen and oxygen atoms in total. The lowest BCUT2D eigenvalue weighted by Gasteiger charge is -2.29. The highest BCUT2D eigenvalue weighted by Crippen LogP contribution is 2.22. The zero-order valence-corrected chi connectivity index (χ0v) is 15.9. The van der Waals surface area contributed by atoms with Crippen molar-refractivity contribution >= 4 is 18.3 Å². The van der Waals surface area contributed by atoms with Crippen molar-refractivity contribution < 1.29 is 28.6 Å². The van der Waals surface area contributed by atoms with Crippen molar-refractivity contribution in [1.29, 1.82) is 0 Å². The molecule has 1 aliphatic heterocycles. The van der Waals surface area contributed by atoms with Gasteiger partial charge in [-0.1, -0.05) is 30.3 Å². The number of aldehydes is 1. The molecule has 1 heterocycles. The van der Waals surface area contributed by atoms with E-state index >= 15 is 0 Å². The first-order valence-electron chi connectivity index (χ1n) is 8.77. The van der Waals surface area contributed by atoms with Gasteiger partial charge in [-0.2, -0.15) is 0 Å². The molecule has 0 radical (unpaired) electrons. The molecule has 0 atom stereocenters. The van der Waals surface area contributed by atoms with E-state index in [0.717, 1.165) is 5.56 Å². The van der Waals surface area contributed by atoms with Crippen LogP contribution in [0.4, 0.5) is 4.79 Å². The van der Waals surface area contributed by atoms with Gasteiger partial charge in [0.25, 0.3) is 0 Å². The van der Waals surface area contributed by atoms with Crippen molar-refractivity contribution in [2.75, 3.05) is 20.2 Å². The van der Waals surface area contributed by atoms with E-state index in [9.17, 15) is 14.4 Å². The van der Waals surface area contributed by atoms with Crippen LogP contribution in [0.25, 0.3) is 0 Å². The highest BCUT2D eigenvalue weighted by atomic mass is 16.7.